The van der Waals surface area contributed by atoms with Crippen molar-refractivity contribution in [3.63, 3.8) is 0 Å². The van der Waals surface area contributed by atoms with E-state index in [0.29, 0.717) is 18.0 Å². The molecule has 0 bridgehead atoms. The highest BCUT2D eigenvalue weighted by molar-refractivity contribution is 7.89. The van der Waals surface area contributed by atoms with E-state index in [9.17, 15) is 8.42 Å². The van der Waals surface area contributed by atoms with Gasteiger partial charge in [-0.15, -0.1) is 0 Å². The van der Waals surface area contributed by atoms with Crippen molar-refractivity contribution >= 4 is 10.0 Å². The highest BCUT2D eigenvalue weighted by Gasteiger charge is 2.44. The first kappa shape index (κ1) is 14.5. The summed E-state index contributed by atoms with van der Waals surface area (Å²) < 4.78 is 38.3. The monoisotopic (exact) mass is 331 g/mol. The Morgan fingerprint density at radius 2 is 1.74 bits per heavy atom. The van der Waals surface area contributed by atoms with E-state index < -0.39 is 10.0 Å². The predicted octanol–water partition coefficient (Wildman–Crippen LogP) is 2.43. The molecular formula is C17H17NO4S. The van der Waals surface area contributed by atoms with Gasteiger partial charge in [-0.25, -0.2) is 13.1 Å². The Bertz CT molecular complexity index is 829. The first-order valence-electron chi connectivity index (χ1n) is 7.54. The predicted molar refractivity (Wildman–Crippen MR) is 85.1 cm³/mol. The maximum Gasteiger partial charge on any atom is 0.240 e. The summed E-state index contributed by atoms with van der Waals surface area (Å²) in [5.74, 6) is 1.05. The van der Waals surface area contributed by atoms with Crippen LogP contribution in [0.5, 0.6) is 11.5 Å². The Kier molecular flexibility index (Phi) is 3.32. The SMILES string of the molecule is O=S(=O)(NCC1(c2ccccc2)CC1)c1ccc2c(c1)OCO2. The minimum absolute atomic E-state index is 0.0648. The summed E-state index contributed by atoms with van der Waals surface area (Å²) in [5, 5.41) is 0. The molecule has 120 valence electrons. The van der Waals surface area contributed by atoms with Crippen molar-refractivity contribution in [1.82, 2.24) is 4.72 Å². The van der Waals surface area contributed by atoms with Crippen molar-refractivity contribution < 1.29 is 17.9 Å². The highest BCUT2D eigenvalue weighted by Crippen LogP contribution is 2.47. The van der Waals surface area contributed by atoms with Gasteiger partial charge in [0.05, 0.1) is 4.90 Å². The van der Waals surface area contributed by atoms with Gasteiger partial charge in [0.2, 0.25) is 16.8 Å². The van der Waals surface area contributed by atoms with Gasteiger partial charge in [0.25, 0.3) is 0 Å². The largest absolute Gasteiger partial charge is 0.454 e. The Balaban J connectivity index is 1.52. The average molecular weight is 331 g/mol. The number of hydrogen-bond acceptors (Lipinski definition) is 4. The number of benzene rings is 2. The molecule has 23 heavy (non-hydrogen) atoms. The molecule has 0 atom stereocenters. The van der Waals surface area contributed by atoms with E-state index >= 15 is 0 Å². The molecule has 1 heterocycles. The first-order valence-corrected chi connectivity index (χ1v) is 9.02. The van der Waals surface area contributed by atoms with E-state index in [1.807, 2.05) is 18.2 Å². The van der Waals surface area contributed by atoms with Crippen LogP contribution in [0.2, 0.25) is 0 Å². The second-order valence-electron chi connectivity index (χ2n) is 5.99. The third kappa shape index (κ3) is 2.68. The fourth-order valence-corrected chi connectivity index (χ4v) is 4.01. The quantitative estimate of drug-likeness (QED) is 0.914. The molecule has 2 aliphatic rings. The van der Waals surface area contributed by atoms with Gasteiger partial charge in [-0.2, -0.15) is 0 Å². The highest BCUT2D eigenvalue weighted by atomic mass is 32.2. The smallest absolute Gasteiger partial charge is 0.240 e. The topological polar surface area (TPSA) is 64.6 Å². The number of rotatable bonds is 5. The van der Waals surface area contributed by atoms with E-state index in [0.717, 1.165) is 12.8 Å². The lowest BCUT2D eigenvalue weighted by atomic mass is 9.96. The van der Waals surface area contributed by atoms with Gasteiger partial charge >= 0.3 is 0 Å². The molecule has 1 fully saturated rings. The van der Waals surface area contributed by atoms with Crippen molar-refractivity contribution in [2.24, 2.45) is 0 Å². The number of sulfonamides is 1. The zero-order valence-electron chi connectivity index (χ0n) is 12.5. The maximum atomic E-state index is 12.5. The van der Waals surface area contributed by atoms with Gasteiger partial charge in [-0.1, -0.05) is 30.3 Å². The van der Waals surface area contributed by atoms with E-state index in [4.69, 9.17) is 9.47 Å². The molecule has 4 rings (SSSR count). The van der Waals surface area contributed by atoms with Crippen LogP contribution in [0.1, 0.15) is 18.4 Å². The lowest BCUT2D eigenvalue weighted by Gasteiger charge is -2.16. The van der Waals surface area contributed by atoms with Crippen molar-refractivity contribution in [2.45, 2.75) is 23.2 Å². The summed E-state index contributed by atoms with van der Waals surface area (Å²) in [6, 6.07) is 14.7. The number of hydrogen-bond donors (Lipinski definition) is 1. The molecule has 1 aliphatic heterocycles. The standard InChI is InChI=1S/C17H17NO4S/c19-23(20,14-6-7-15-16(10-14)22-12-21-15)18-11-17(8-9-17)13-4-2-1-3-5-13/h1-7,10,18H,8-9,11-12H2. The summed E-state index contributed by atoms with van der Waals surface area (Å²) >= 11 is 0. The van der Waals surface area contributed by atoms with Crippen molar-refractivity contribution in [1.29, 1.82) is 0 Å². The summed E-state index contributed by atoms with van der Waals surface area (Å²) in [4.78, 5) is 0.200. The van der Waals surface area contributed by atoms with Crippen LogP contribution >= 0.6 is 0 Å². The van der Waals surface area contributed by atoms with Crippen molar-refractivity contribution in [2.75, 3.05) is 13.3 Å². The van der Waals surface area contributed by atoms with Gasteiger partial charge in [-0.3, -0.25) is 0 Å². The zero-order chi connectivity index (χ0) is 15.9. The van der Waals surface area contributed by atoms with Crippen LogP contribution < -0.4 is 14.2 Å². The number of fused-ring (bicyclic) bond motifs is 1. The molecule has 2 aromatic carbocycles. The second kappa shape index (κ2) is 5.25. The van der Waals surface area contributed by atoms with E-state index in [2.05, 4.69) is 16.9 Å². The molecule has 0 aromatic heterocycles. The summed E-state index contributed by atoms with van der Waals surface area (Å²) in [6.07, 6.45) is 2.00. The van der Waals surface area contributed by atoms with Crippen LogP contribution in [0.4, 0.5) is 0 Å². The van der Waals surface area contributed by atoms with E-state index in [1.165, 1.54) is 17.7 Å². The van der Waals surface area contributed by atoms with Crippen molar-refractivity contribution in [3.8, 4) is 11.5 Å². The Morgan fingerprint density at radius 1 is 1.00 bits per heavy atom. The first-order chi connectivity index (χ1) is 11.1. The van der Waals surface area contributed by atoms with Crippen LogP contribution in [0, 0.1) is 0 Å². The Morgan fingerprint density at radius 3 is 2.48 bits per heavy atom. The molecule has 6 heteroatoms. The van der Waals surface area contributed by atoms with Gasteiger partial charge in [-0.05, 0) is 30.5 Å². The minimum atomic E-state index is -3.57. The summed E-state index contributed by atoms with van der Waals surface area (Å²) in [6.45, 7) is 0.539. The maximum absolute atomic E-state index is 12.5. The minimum Gasteiger partial charge on any atom is -0.454 e. The molecule has 0 unspecified atom stereocenters. The zero-order valence-corrected chi connectivity index (χ0v) is 13.3. The third-order valence-electron chi connectivity index (χ3n) is 4.49. The molecule has 1 N–H and O–H groups in total. The fourth-order valence-electron chi connectivity index (χ4n) is 2.87. The van der Waals surface area contributed by atoms with Crippen LogP contribution in [-0.4, -0.2) is 21.8 Å². The normalized spacial score (nSPS) is 17.9. The average Bonchev–Trinajstić information content (AvgIpc) is 3.23. The van der Waals surface area contributed by atoms with Gasteiger partial charge < -0.3 is 9.47 Å². The van der Waals surface area contributed by atoms with E-state index in [-0.39, 0.29) is 17.1 Å². The van der Waals surface area contributed by atoms with Crippen molar-refractivity contribution in [3.05, 3.63) is 54.1 Å². The molecule has 5 nitrogen and oxygen atoms in total. The fraction of sp³-hybridized carbons (Fsp3) is 0.294. The van der Waals surface area contributed by atoms with Crippen LogP contribution in [-0.2, 0) is 15.4 Å². The Labute approximate surface area is 135 Å². The van der Waals surface area contributed by atoms with E-state index in [1.54, 1.807) is 6.07 Å². The van der Waals surface area contributed by atoms with Crippen LogP contribution in [0.25, 0.3) is 0 Å². The molecule has 0 saturated heterocycles. The summed E-state index contributed by atoms with van der Waals surface area (Å²) in [7, 11) is -3.57. The lowest BCUT2D eigenvalue weighted by Crippen LogP contribution is -2.32. The molecule has 0 amide bonds. The van der Waals surface area contributed by atoms with Crippen LogP contribution in [0.15, 0.2) is 53.4 Å². The lowest BCUT2D eigenvalue weighted by molar-refractivity contribution is 0.174. The molecular weight excluding hydrogens is 314 g/mol. The summed E-state index contributed by atoms with van der Waals surface area (Å²) in [5.41, 5.74) is 1.12. The second-order valence-corrected chi connectivity index (χ2v) is 7.75. The van der Waals surface area contributed by atoms with Gasteiger partial charge in [0, 0.05) is 18.0 Å². The van der Waals surface area contributed by atoms with Gasteiger partial charge in [0.1, 0.15) is 0 Å². The number of nitrogens with one attached hydrogen (secondary N) is 1. The molecule has 2 aromatic rings. The molecule has 1 aliphatic carbocycles. The van der Waals surface area contributed by atoms with Gasteiger partial charge in [0.15, 0.2) is 11.5 Å². The Hall–Kier alpha value is -2.05. The molecule has 1 saturated carbocycles. The molecule has 0 radical (unpaired) electrons. The third-order valence-corrected chi connectivity index (χ3v) is 5.89. The number of ether oxygens (including phenoxy) is 2. The van der Waals surface area contributed by atoms with Crippen LogP contribution in [0.3, 0.4) is 0 Å². The molecule has 0 spiro atoms.